The molecule has 1 aliphatic rings. The van der Waals surface area contributed by atoms with Crippen LogP contribution in [0.2, 0.25) is 0 Å². The molecule has 19 heavy (non-hydrogen) atoms. The Morgan fingerprint density at radius 1 is 1.47 bits per heavy atom. The number of aryl methyl sites for hydroxylation is 1. The van der Waals surface area contributed by atoms with Gasteiger partial charge in [-0.25, -0.2) is 0 Å². The summed E-state index contributed by atoms with van der Waals surface area (Å²) in [5, 5.41) is 12.0. The van der Waals surface area contributed by atoms with Crippen molar-refractivity contribution in [1.82, 2.24) is 20.3 Å². The average molecular weight is 325 g/mol. The molecule has 0 aliphatic heterocycles. The van der Waals surface area contributed by atoms with Crippen molar-refractivity contribution in [2.45, 2.75) is 45.8 Å². The second-order valence-electron chi connectivity index (χ2n) is 5.08. The SMILES string of the molecule is Cc1nn(Cc2cc(CNC3CC3)no2)c(C)c1Br. The van der Waals surface area contributed by atoms with E-state index in [2.05, 4.69) is 31.5 Å². The van der Waals surface area contributed by atoms with Crippen molar-refractivity contribution in [3.63, 3.8) is 0 Å². The van der Waals surface area contributed by atoms with Crippen molar-refractivity contribution in [3.05, 3.63) is 33.4 Å². The Morgan fingerprint density at radius 2 is 2.26 bits per heavy atom. The van der Waals surface area contributed by atoms with Crippen molar-refractivity contribution in [2.24, 2.45) is 0 Å². The summed E-state index contributed by atoms with van der Waals surface area (Å²) in [6.45, 7) is 5.43. The van der Waals surface area contributed by atoms with Crippen LogP contribution in [0.1, 0.15) is 35.7 Å². The van der Waals surface area contributed by atoms with E-state index in [1.165, 1.54) is 12.8 Å². The lowest BCUT2D eigenvalue weighted by Gasteiger charge is -2.00. The molecule has 0 bridgehead atoms. The molecule has 102 valence electrons. The molecule has 2 aromatic heterocycles. The van der Waals surface area contributed by atoms with Gasteiger partial charge in [-0.05, 0) is 42.6 Å². The quantitative estimate of drug-likeness (QED) is 0.918. The van der Waals surface area contributed by atoms with Gasteiger partial charge >= 0.3 is 0 Å². The maximum absolute atomic E-state index is 5.36. The van der Waals surface area contributed by atoms with Gasteiger partial charge in [0.15, 0.2) is 5.76 Å². The first-order chi connectivity index (χ1) is 9.13. The summed E-state index contributed by atoms with van der Waals surface area (Å²) in [6, 6.07) is 2.69. The van der Waals surface area contributed by atoms with Crippen molar-refractivity contribution < 1.29 is 4.52 Å². The minimum absolute atomic E-state index is 0.620. The predicted octanol–water partition coefficient (Wildman–Crippen LogP) is 2.55. The summed E-state index contributed by atoms with van der Waals surface area (Å²) >= 11 is 3.53. The first kappa shape index (κ1) is 12.9. The van der Waals surface area contributed by atoms with Crippen LogP contribution in [0.25, 0.3) is 0 Å². The zero-order valence-electron chi connectivity index (χ0n) is 11.1. The first-order valence-corrected chi connectivity index (χ1v) is 7.30. The van der Waals surface area contributed by atoms with Crippen LogP contribution in [0.15, 0.2) is 15.1 Å². The highest BCUT2D eigenvalue weighted by Crippen LogP contribution is 2.21. The van der Waals surface area contributed by atoms with Crippen molar-refractivity contribution >= 4 is 15.9 Å². The average Bonchev–Trinajstić information content (AvgIpc) is 3.08. The largest absolute Gasteiger partial charge is 0.359 e. The van der Waals surface area contributed by atoms with Gasteiger partial charge in [0.2, 0.25) is 0 Å². The van der Waals surface area contributed by atoms with Gasteiger partial charge < -0.3 is 9.84 Å². The zero-order chi connectivity index (χ0) is 13.4. The normalized spacial score (nSPS) is 15.1. The van der Waals surface area contributed by atoms with Crippen molar-refractivity contribution in [1.29, 1.82) is 0 Å². The molecule has 2 aromatic rings. The Bertz CT molecular complexity index is 585. The van der Waals surface area contributed by atoms with Gasteiger partial charge in [0.1, 0.15) is 6.54 Å². The van der Waals surface area contributed by atoms with Crippen LogP contribution in [0.4, 0.5) is 0 Å². The van der Waals surface area contributed by atoms with E-state index >= 15 is 0 Å². The fourth-order valence-corrected chi connectivity index (χ4v) is 2.31. The minimum atomic E-state index is 0.620. The number of rotatable bonds is 5. The minimum Gasteiger partial charge on any atom is -0.359 e. The van der Waals surface area contributed by atoms with Gasteiger partial charge in [-0.2, -0.15) is 5.10 Å². The highest BCUT2D eigenvalue weighted by molar-refractivity contribution is 9.10. The van der Waals surface area contributed by atoms with Gasteiger partial charge in [-0.1, -0.05) is 5.16 Å². The van der Waals surface area contributed by atoms with Gasteiger partial charge in [-0.15, -0.1) is 0 Å². The summed E-state index contributed by atoms with van der Waals surface area (Å²) in [6.07, 6.45) is 2.56. The van der Waals surface area contributed by atoms with E-state index in [0.29, 0.717) is 12.6 Å². The molecule has 1 saturated carbocycles. The van der Waals surface area contributed by atoms with E-state index in [9.17, 15) is 0 Å². The van der Waals surface area contributed by atoms with Gasteiger partial charge in [0.25, 0.3) is 0 Å². The number of halogens is 1. The van der Waals surface area contributed by atoms with Crippen molar-refractivity contribution in [2.75, 3.05) is 0 Å². The lowest BCUT2D eigenvalue weighted by atomic mass is 10.3. The number of nitrogens with one attached hydrogen (secondary N) is 1. The molecule has 0 atom stereocenters. The first-order valence-electron chi connectivity index (χ1n) is 6.51. The zero-order valence-corrected chi connectivity index (χ0v) is 12.7. The van der Waals surface area contributed by atoms with Crippen molar-refractivity contribution in [3.8, 4) is 0 Å². The second kappa shape index (κ2) is 5.09. The fraction of sp³-hybridized carbons (Fsp3) is 0.538. The molecule has 0 saturated heterocycles. The number of aromatic nitrogens is 3. The van der Waals surface area contributed by atoms with Crippen LogP contribution >= 0.6 is 15.9 Å². The molecule has 2 heterocycles. The van der Waals surface area contributed by atoms with Crippen LogP contribution in [-0.4, -0.2) is 21.0 Å². The van der Waals surface area contributed by atoms with E-state index in [1.807, 2.05) is 24.6 Å². The fourth-order valence-electron chi connectivity index (χ4n) is 2.03. The maximum Gasteiger partial charge on any atom is 0.158 e. The summed E-state index contributed by atoms with van der Waals surface area (Å²) in [7, 11) is 0. The number of nitrogens with zero attached hydrogens (tertiary/aromatic N) is 3. The molecule has 6 heteroatoms. The summed E-state index contributed by atoms with van der Waals surface area (Å²) in [5.74, 6) is 0.839. The third kappa shape index (κ3) is 2.90. The molecule has 1 fully saturated rings. The lowest BCUT2D eigenvalue weighted by Crippen LogP contribution is -2.15. The van der Waals surface area contributed by atoms with E-state index in [-0.39, 0.29) is 0 Å². The van der Waals surface area contributed by atoms with Crippen LogP contribution in [-0.2, 0) is 13.1 Å². The highest BCUT2D eigenvalue weighted by Gasteiger charge is 2.20. The predicted molar refractivity (Wildman–Crippen MR) is 74.9 cm³/mol. The van der Waals surface area contributed by atoms with Gasteiger partial charge in [0.05, 0.1) is 21.6 Å². The van der Waals surface area contributed by atoms with Crippen LogP contribution in [0.3, 0.4) is 0 Å². The molecule has 3 rings (SSSR count). The molecule has 1 N–H and O–H groups in total. The molecule has 0 spiro atoms. The molecule has 0 unspecified atom stereocenters. The van der Waals surface area contributed by atoms with Crippen LogP contribution < -0.4 is 5.32 Å². The topological polar surface area (TPSA) is 55.9 Å². The summed E-state index contributed by atoms with van der Waals surface area (Å²) in [5.41, 5.74) is 3.06. The molecule has 0 amide bonds. The summed E-state index contributed by atoms with van der Waals surface area (Å²) < 4.78 is 8.35. The standard InChI is InChI=1S/C13H17BrN4O/c1-8-13(14)9(2)18(16-8)7-12-5-11(17-19-12)6-15-10-3-4-10/h5,10,15H,3-4,6-7H2,1-2H3. The number of hydrogen-bond acceptors (Lipinski definition) is 4. The van der Waals surface area contributed by atoms with E-state index in [0.717, 1.165) is 33.9 Å². The Labute approximate surface area is 120 Å². The molecular formula is C13H17BrN4O. The second-order valence-corrected chi connectivity index (χ2v) is 5.88. The van der Waals surface area contributed by atoms with E-state index in [1.54, 1.807) is 0 Å². The third-order valence-electron chi connectivity index (χ3n) is 3.36. The number of hydrogen-bond donors (Lipinski definition) is 1. The van der Waals surface area contributed by atoms with E-state index in [4.69, 9.17) is 4.52 Å². The Balaban J connectivity index is 1.66. The van der Waals surface area contributed by atoms with Crippen LogP contribution in [0, 0.1) is 13.8 Å². The summed E-state index contributed by atoms with van der Waals surface area (Å²) in [4.78, 5) is 0. The molecule has 0 aromatic carbocycles. The molecule has 1 aliphatic carbocycles. The van der Waals surface area contributed by atoms with Gasteiger partial charge in [0, 0.05) is 18.7 Å². The Hall–Kier alpha value is -1.14. The molecule has 5 nitrogen and oxygen atoms in total. The Kier molecular flexibility index (Phi) is 3.45. The molecule has 0 radical (unpaired) electrons. The smallest absolute Gasteiger partial charge is 0.158 e. The van der Waals surface area contributed by atoms with Gasteiger partial charge in [-0.3, -0.25) is 4.68 Å². The molecular weight excluding hydrogens is 308 g/mol. The maximum atomic E-state index is 5.36. The Morgan fingerprint density at radius 3 is 2.89 bits per heavy atom. The monoisotopic (exact) mass is 324 g/mol. The highest BCUT2D eigenvalue weighted by atomic mass is 79.9. The lowest BCUT2D eigenvalue weighted by molar-refractivity contribution is 0.363. The van der Waals surface area contributed by atoms with Crippen LogP contribution in [0.5, 0.6) is 0 Å². The third-order valence-corrected chi connectivity index (χ3v) is 4.50. The van der Waals surface area contributed by atoms with E-state index < -0.39 is 0 Å².